The fourth-order valence-corrected chi connectivity index (χ4v) is 1.68. The second kappa shape index (κ2) is 8.11. The number of pyridine rings is 1. The summed E-state index contributed by atoms with van der Waals surface area (Å²) < 4.78 is 5.58. The van der Waals surface area contributed by atoms with Gasteiger partial charge in [-0.2, -0.15) is 0 Å². The highest BCUT2D eigenvalue weighted by molar-refractivity contribution is 5.08. The van der Waals surface area contributed by atoms with Crippen LogP contribution in [0.1, 0.15) is 26.7 Å². The van der Waals surface area contributed by atoms with Crippen molar-refractivity contribution < 1.29 is 4.74 Å². The van der Waals surface area contributed by atoms with E-state index in [4.69, 9.17) is 4.74 Å². The van der Waals surface area contributed by atoms with E-state index < -0.39 is 0 Å². The summed E-state index contributed by atoms with van der Waals surface area (Å²) in [7, 11) is 0. The fraction of sp³-hybridized carbons (Fsp3) is 0.615. The average Bonchev–Trinajstić information content (AvgIpc) is 2.31. The summed E-state index contributed by atoms with van der Waals surface area (Å²) in [6.07, 6.45) is 4.15. The molecule has 1 rings (SSSR count). The van der Waals surface area contributed by atoms with Gasteiger partial charge >= 0.3 is 0 Å². The lowest BCUT2D eigenvalue weighted by molar-refractivity contribution is 0.205. The van der Waals surface area contributed by atoms with Crippen LogP contribution < -0.4 is 4.74 Å². The molecule has 0 amide bonds. The van der Waals surface area contributed by atoms with Gasteiger partial charge in [0.1, 0.15) is 6.61 Å². The maximum atomic E-state index is 5.58. The van der Waals surface area contributed by atoms with Gasteiger partial charge in [-0.1, -0.05) is 19.9 Å². The SMILES string of the molecule is CCCN(CCC)CCOc1ccccn1. The predicted molar refractivity (Wildman–Crippen MR) is 66.8 cm³/mol. The van der Waals surface area contributed by atoms with E-state index in [-0.39, 0.29) is 0 Å². The first-order valence-electron chi connectivity index (χ1n) is 6.13. The van der Waals surface area contributed by atoms with Crippen LogP contribution in [0.3, 0.4) is 0 Å². The van der Waals surface area contributed by atoms with E-state index >= 15 is 0 Å². The number of nitrogens with zero attached hydrogens (tertiary/aromatic N) is 2. The van der Waals surface area contributed by atoms with E-state index in [9.17, 15) is 0 Å². The van der Waals surface area contributed by atoms with Gasteiger partial charge in [-0.15, -0.1) is 0 Å². The molecule has 0 spiro atoms. The summed E-state index contributed by atoms with van der Waals surface area (Å²) in [4.78, 5) is 6.56. The molecular weight excluding hydrogens is 200 g/mol. The van der Waals surface area contributed by atoms with Crippen LogP contribution in [0, 0.1) is 0 Å². The van der Waals surface area contributed by atoms with E-state index in [0.29, 0.717) is 0 Å². The number of hydrogen-bond donors (Lipinski definition) is 0. The summed E-state index contributed by atoms with van der Waals surface area (Å²) in [6.45, 7) is 8.43. The molecule has 3 heteroatoms. The first-order chi connectivity index (χ1) is 7.86. The Morgan fingerprint density at radius 1 is 1.12 bits per heavy atom. The van der Waals surface area contributed by atoms with E-state index in [1.807, 2.05) is 18.2 Å². The summed E-state index contributed by atoms with van der Waals surface area (Å²) >= 11 is 0. The van der Waals surface area contributed by atoms with Crippen molar-refractivity contribution in [2.45, 2.75) is 26.7 Å². The Morgan fingerprint density at radius 3 is 2.44 bits per heavy atom. The monoisotopic (exact) mass is 222 g/mol. The zero-order chi connectivity index (χ0) is 11.6. The third kappa shape index (κ3) is 5.12. The van der Waals surface area contributed by atoms with Gasteiger partial charge in [0.05, 0.1) is 0 Å². The van der Waals surface area contributed by atoms with Gasteiger partial charge in [0.15, 0.2) is 0 Å². The molecule has 0 radical (unpaired) electrons. The summed E-state index contributed by atoms with van der Waals surface area (Å²) in [5.41, 5.74) is 0. The number of ether oxygens (including phenoxy) is 1. The Hall–Kier alpha value is -1.09. The minimum atomic E-state index is 0.718. The van der Waals surface area contributed by atoms with Gasteiger partial charge in [-0.25, -0.2) is 4.98 Å². The lowest BCUT2D eigenvalue weighted by Crippen LogP contribution is -2.30. The topological polar surface area (TPSA) is 25.4 Å². The molecule has 0 N–H and O–H groups in total. The Bertz CT molecular complexity index is 258. The van der Waals surface area contributed by atoms with E-state index in [1.54, 1.807) is 6.20 Å². The molecule has 0 fully saturated rings. The van der Waals surface area contributed by atoms with Crippen molar-refractivity contribution in [2.24, 2.45) is 0 Å². The Morgan fingerprint density at radius 2 is 1.88 bits per heavy atom. The fourth-order valence-electron chi connectivity index (χ4n) is 1.68. The molecule has 16 heavy (non-hydrogen) atoms. The molecule has 0 aliphatic rings. The number of rotatable bonds is 8. The van der Waals surface area contributed by atoms with Crippen molar-refractivity contribution >= 4 is 0 Å². The number of hydrogen-bond acceptors (Lipinski definition) is 3. The quantitative estimate of drug-likeness (QED) is 0.676. The molecule has 3 nitrogen and oxygen atoms in total. The van der Waals surface area contributed by atoms with Crippen molar-refractivity contribution in [3.05, 3.63) is 24.4 Å². The zero-order valence-corrected chi connectivity index (χ0v) is 10.4. The Balaban J connectivity index is 2.22. The molecule has 0 saturated carbocycles. The highest BCUT2D eigenvalue weighted by Crippen LogP contribution is 2.03. The zero-order valence-electron chi connectivity index (χ0n) is 10.4. The van der Waals surface area contributed by atoms with Gasteiger partial charge in [-0.3, -0.25) is 4.90 Å². The molecule has 0 aromatic carbocycles. The summed E-state index contributed by atoms with van der Waals surface area (Å²) in [6, 6.07) is 5.73. The van der Waals surface area contributed by atoms with Crippen LogP contribution in [0.5, 0.6) is 5.88 Å². The van der Waals surface area contributed by atoms with Gasteiger partial charge in [0.25, 0.3) is 0 Å². The Kier molecular flexibility index (Phi) is 6.58. The van der Waals surface area contributed by atoms with Crippen LogP contribution in [0.15, 0.2) is 24.4 Å². The molecule has 90 valence electrons. The highest BCUT2D eigenvalue weighted by Gasteiger charge is 2.02. The molecule has 1 aromatic heterocycles. The van der Waals surface area contributed by atoms with Crippen LogP contribution in [-0.4, -0.2) is 36.1 Å². The number of aromatic nitrogens is 1. The van der Waals surface area contributed by atoms with Gasteiger partial charge in [-0.05, 0) is 32.0 Å². The van der Waals surface area contributed by atoms with Gasteiger partial charge in [0, 0.05) is 18.8 Å². The maximum Gasteiger partial charge on any atom is 0.213 e. The minimum absolute atomic E-state index is 0.718. The standard InChI is InChI=1S/C13H22N2O/c1-3-9-15(10-4-2)11-12-16-13-7-5-6-8-14-13/h5-8H,3-4,9-12H2,1-2H3. The Labute approximate surface area is 98.4 Å². The average molecular weight is 222 g/mol. The van der Waals surface area contributed by atoms with E-state index in [1.165, 1.54) is 12.8 Å². The molecule has 0 aliphatic carbocycles. The van der Waals surface area contributed by atoms with Crippen molar-refractivity contribution in [3.8, 4) is 5.88 Å². The largest absolute Gasteiger partial charge is 0.476 e. The van der Waals surface area contributed by atoms with Crippen LogP contribution in [-0.2, 0) is 0 Å². The first kappa shape index (κ1) is 13.0. The molecule has 0 atom stereocenters. The predicted octanol–water partition coefficient (Wildman–Crippen LogP) is 2.58. The second-order valence-corrected chi connectivity index (χ2v) is 3.86. The normalized spacial score (nSPS) is 10.7. The van der Waals surface area contributed by atoms with Crippen molar-refractivity contribution in [2.75, 3.05) is 26.2 Å². The molecular formula is C13H22N2O. The van der Waals surface area contributed by atoms with Crippen LogP contribution in [0.25, 0.3) is 0 Å². The lowest BCUT2D eigenvalue weighted by Gasteiger charge is -2.20. The smallest absolute Gasteiger partial charge is 0.213 e. The van der Waals surface area contributed by atoms with Crippen LogP contribution in [0.4, 0.5) is 0 Å². The lowest BCUT2D eigenvalue weighted by atomic mass is 10.3. The van der Waals surface area contributed by atoms with Crippen molar-refractivity contribution in [3.63, 3.8) is 0 Å². The van der Waals surface area contributed by atoms with Crippen LogP contribution >= 0.6 is 0 Å². The molecule has 1 heterocycles. The molecule has 0 saturated heterocycles. The molecule has 0 bridgehead atoms. The third-order valence-electron chi connectivity index (χ3n) is 2.37. The third-order valence-corrected chi connectivity index (χ3v) is 2.37. The summed E-state index contributed by atoms with van der Waals surface area (Å²) in [5.74, 6) is 0.718. The van der Waals surface area contributed by atoms with Gasteiger partial charge in [0.2, 0.25) is 5.88 Å². The van der Waals surface area contributed by atoms with E-state index in [0.717, 1.165) is 32.1 Å². The van der Waals surface area contributed by atoms with Crippen LogP contribution in [0.2, 0.25) is 0 Å². The van der Waals surface area contributed by atoms with E-state index in [2.05, 4.69) is 23.7 Å². The second-order valence-electron chi connectivity index (χ2n) is 3.86. The van der Waals surface area contributed by atoms with Crippen molar-refractivity contribution in [1.29, 1.82) is 0 Å². The maximum absolute atomic E-state index is 5.58. The van der Waals surface area contributed by atoms with Gasteiger partial charge < -0.3 is 4.74 Å². The van der Waals surface area contributed by atoms with Crippen molar-refractivity contribution in [1.82, 2.24) is 9.88 Å². The summed E-state index contributed by atoms with van der Waals surface area (Å²) in [5, 5.41) is 0. The molecule has 0 aliphatic heterocycles. The minimum Gasteiger partial charge on any atom is -0.476 e. The molecule has 1 aromatic rings. The highest BCUT2D eigenvalue weighted by atomic mass is 16.5. The first-order valence-corrected chi connectivity index (χ1v) is 6.13. The molecule has 0 unspecified atom stereocenters.